The lowest BCUT2D eigenvalue weighted by molar-refractivity contribution is 0.807. The van der Waals surface area contributed by atoms with Gasteiger partial charge in [0.05, 0.1) is 0 Å². The molecule has 0 saturated carbocycles. The second kappa shape index (κ2) is 6.61. The molecular formula is C13H21N. The summed E-state index contributed by atoms with van der Waals surface area (Å²) >= 11 is 0. The van der Waals surface area contributed by atoms with Gasteiger partial charge in [0.15, 0.2) is 0 Å². The Labute approximate surface area is 87.3 Å². The number of hydrogen-bond acceptors (Lipinski definition) is 1. The monoisotopic (exact) mass is 191 g/mol. The van der Waals surface area contributed by atoms with Crippen LogP contribution in [0.3, 0.4) is 0 Å². The molecule has 0 heterocycles. The van der Waals surface area contributed by atoms with E-state index in [2.05, 4.69) is 31.2 Å². The zero-order valence-electron chi connectivity index (χ0n) is 9.13. The van der Waals surface area contributed by atoms with E-state index in [-0.39, 0.29) is 0 Å². The predicted octanol–water partition coefficient (Wildman–Crippen LogP) is 2.92. The molecule has 1 aromatic carbocycles. The van der Waals surface area contributed by atoms with Crippen LogP contribution in [0.25, 0.3) is 0 Å². The fraction of sp³-hybridized carbons (Fsp3) is 0.538. The van der Waals surface area contributed by atoms with Gasteiger partial charge in [0.1, 0.15) is 0 Å². The van der Waals surface area contributed by atoms with E-state index in [1.54, 1.807) is 11.1 Å². The number of fused-ring (bicyclic) bond motifs is 1. The van der Waals surface area contributed by atoms with E-state index in [9.17, 15) is 0 Å². The number of aryl methyl sites for hydroxylation is 2. The SMILES string of the molecule is CCCCN.c1ccc2c(c1)CCC2. The number of nitrogens with two attached hydrogens (primary N) is 1. The standard InChI is InChI=1S/C9H10.C4H11N/c1-2-5-9-7-3-6-8(9)4-1;1-2-3-4-5/h1-2,4-5H,3,6-7H2;2-5H2,1H3. The summed E-state index contributed by atoms with van der Waals surface area (Å²) in [6.45, 7) is 2.98. The van der Waals surface area contributed by atoms with Crippen molar-refractivity contribution in [2.45, 2.75) is 39.0 Å². The normalized spacial score (nSPS) is 13.0. The average Bonchev–Trinajstić information content (AvgIpc) is 2.67. The van der Waals surface area contributed by atoms with Crippen LogP contribution in [0.5, 0.6) is 0 Å². The molecular weight excluding hydrogens is 170 g/mol. The molecule has 1 aliphatic rings. The third-order valence-corrected chi connectivity index (χ3v) is 2.57. The van der Waals surface area contributed by atoms with Gasteiger partial charge in [-0.2, -0.15) is 0 Å². The molecule has 78 valence electrons. The summed E-state index contributed by atoms with van der Waals surface area (Å²) in [6.07, 6.45) is 6.35. The van der Waals surface area contributed by atoms with Crippen LogP contribution < -0.4 is 5.73 Å². The van der Waals surface area contributed by atoms with E-state index < -0.39 is 0 Å². The molecule has 0 saturated heterocycles. The molecule has 0 unspecified atom stereocenters. The van der Waals surface area contributed by atoms with E-state index in [1.807, 2.05) is 0 Å². The van der Waals surface area contributed by atoms with Gasteiger partial charge in [0, 0.05) is 0 Å². The van der Waals surface area contributed by atoms with Crippen LogP contribution in [0.4, 0.5) is 0 Å². The maximum Gasteiger partial charge on any atom is -0.00774 e. The van der Waals surface area contributed by atoms with E-state index in [4.69, 9.17) is 5.73 Å². The largest absolute Gasteiger partial charge is 0.330 e. The minimum absolute atomic E-state index is 0.844. The average molecular weight is 191 g/mol. The van der Waals surface area contributed by atoms with Crippen LogP contribution >= 0.6 is 0 Å². The summed E-state index contributed by atoms with van der Waals surface area (Å²) in [4.78, 5) is 0. The molecule has 0 aliphatic heterocycles. The number of hydrogen-bond donors (Lipinski definition) is 1. The van der Waals surface area contributed by atoms with Gasteiger partial charge in [-0.3, -0.25) is 0 Å². The van der Waals surface area contributed by atoms with Crippen molar-refractivity contribution in [2.24, 2.45) is 5.73 Å². The fourth-order valence-corrected chi connectivity index (χ4v) is 1.72. The van der Waals surface area contributed by atoms with Gasteiger partial charge >= 0.3 is 0 Å². The summed E-state index contributed by atoms with van der Waals surface area (Å²) in [6, 6.07) is 8.74. The third kappa shape index (κ3) is 3.51. The number of unbranched alkanes of at least 4 members (excludes halogenated alkanes) is 1. The molecule has 0 spiro atoms. The van der Waals surface area contributed by atoms with Crippen molar-refractivity contribution in [3.05, 3.63) is 35.4 Å². The minimum Gasteiger partial charge on any atom is -0.330 e. The van der Waals surface area contributed by atoms with Crippen molar-refractivity contribution in [2.75, 3.05) is 6.54 Å². The van der Waals surface area contributed by atoms with Gasteiger partial charge in [-0.15, -0.1) is 0 Å². The van der Waals surface area contributed by atoms with Gasteiger partial charge in [0.25, 0.3) is 0 Å². The molecule has 0 aromatic heterocycles. The zero-order chi connectivity index (χ0) is 10.2. The van der Waals surface area contributed by atoms with E-state index >= 15 is 0 Å². The molecule has 0 fully saturated rings. The zero-order valence-corrected chi connectivity index (χ0v) is 9.13. The topological polar surface area (TPSA) is 26.0 Å². The maximum atomic E-state index is 5.14. The molecule has 1 aliphatic carbocycles. The second-order valence-electron chi connectivity index (χ2n) is 3.76. The van der Waals surface area contributed by atoms with E-state index in [0.717, 1.165) is 6.54 Å². The molecule has 1 aromatic rings. The minimum atomic E-state index is 0.844. The highest BCUT2D eigenvalue weighted by molar-refractivity contribution is 5.30. The van der Waals surface area contributed by atoms with Gasteiger partial charge in [-0.05, 0) is 43.4 Å². The molecule has 1 heteroatoms. The van der Waals surface area contributed by atoms with Gasteiger partial charge in [-0.1, -0.05) is 37.6 Å². The van der Waals surface area contributed by atoms with Crippen molar-refractivity contribution in [3.8, 4) is 0 Å². The smallest absolute Gasteiger partial charge is 0.00774 e. The van der Waals surface area contributed by atoms with Crippen molar-refractivity contribution < 1.29 is 0 Å². The maximum absolute atomic E-state index is 5.14. The van der Waals surface area contributed by atoms with Crippen LogP contribution in [-0.4, -0.2) is 6.54 Å². The van der Waals surface area contributed by atoms with Crippen LogP contribution in [0, 0.1) is 0 Å². The Kier molecular flexibility index (Phi) is 5.31. The van der Waals surface area contributed by atoms with E-state index in [0.29, 0.717) is 0 Å². The highest BCUT2D eigenvalue weighted by Crippen LogP contribution is 2.20. The molecule has 0 atom stereocenters. The van der Waals surface area contributed by atoms with Crippen molar-refractivity contribution in [1.29, 1.82) is 0 Å². The molecule has 0 radical (unpaired) electrons. The van der Waals surface area contributed by atoms with Crippen LogP contribution in [0.1, 0.15) is 37.3 Å². The first-order valence-electron chi connectivity index (χ1n) is 5.65. The van der Waals surface area contributed by atoms with Crippen molar-refractivity contribution in [1.82, 2.24) is 0 Å². The first kappa shape index (κ1) is 11.3. The molecule has 1 nitrogen and oxygen atoms in total. The number of rotatable bonds is 2. The highest BCUT2D eigenvalue weighted by atomic mass is 14.5. The fourth-order valence-electron chi connectivity index (χ4n) is 1.72. The Balaban J connectivity index is 0.000000171. The molecule has 2 rings (SSSR count). The Morgan fingerprint density at radius 2 is 1.71 bits per heavy atom. The summed E-state index contributed by atoms with van der Waals surface area (Å²) in [5.41, 5.74) is 8.27. The first-order valence-corrected chi connectivity index (χ1v) is 5.65. The van der Waals surface area contributed by atoms with Crippen molar-refractivity contribution >= 4 is 0 Å². The van der Waals surface area contributed by atoms with Gasteiger partial charge in [0.2, 0.25) is 0 Å². The quantitative estimate of drug-likeness (QED) is 0.764. The van der Waals surface area contributed by atoms with Crippen LogP contribution in [0.2, 0.25) is 0 Å². The lowest BCUT2D eigenvalue weighted by Crippen LogP contribution is -1.95. The Morgan fingerprint density at radius 1 is 1.14 bits per heavy atom. The van der Waals surface area contributed by atoms with Gasteiger partial charge in [-0.25, -0.2) is 0 Å². The van der Waals surface area contributed by atoms with Crippen molar-refractivity contribution in [3.63, 3.8) is 0 Å². The summed E-state index contributed by atoms with van der Waals surface area (Å²) in [5, 5.41) is 0. The summed E-state index contributed by atoms with van der Waals surface area (Å²) in [5.74, 6) is 0. The molecule has 2 N–H and O–H groups in total. The Morgan fingerprint density at radius 3 is 2.07 bits per heavy atom. The summed E-state index contributed by atoms with van der Waals surface area (Å²) < 4.78 is 0. The summed E-state index contributed by atoms with van der Waals surface area (Å²) in [7, 11) is 0. The molecule has 14 heavy (non-hydrogen) atoms. The molecule has 0 amide bonds. The second-order valence-corrected chi connectivity index (χ2v) is 3.76. The van der Waals surface area contributed by atoms with Gasteiger partial charge < -0.3 is 5.73 Å². The first-order chi connectivity index (χ1) is 6.88. The molecule has 0 bridgehead atoms. The lowest BCUT2D eigenvalue weighted by Gasteiger charge is -1.93. The van der Waals surface area contributed by atoms with Crippen LogP contribution in [0.15, 0.2) is 24.3 Å². The predicted molar refractivity (Wildman–Crippen MR) is 62.4 cm³/mol. The number of benzene rings is 1. The Hall–Kier alpha value is -0.820. The highest BCUT2D eigenvalue weighted by Gasteiger charge is 2.07. The van der Waals surface area contributed by atoms with Crippen LogP contribution in [-0.2, 0) is 12.8 Å². The van der Waals surface area contributed by atoms with E-state index in [1.165, 1.54) is 32.1 Å². The lowest BCUT2D eigenvalue weighted by atomic mass is 10.1. The third-order valence-electron chi connectivity index (χ3n) is 2.57. The Bertz CT molecular complexity index is 230.